The minimum absolute atomic E-state index is 0.153. The van der Waals surface area contributed by atoms with Gasteiger partial charge in [0.25, 0.3) is 5.91 Å². The van der Waals surface area contributed by atoms with Crippen molar-refractivity contribution in [3.8, 4) is 5.82 Å². The van der Waals surface area contributed by atoms with E-state index in [0.29, 0.717) is 28.3 Å². The summed E-state index contributed by atoms with van der Waals surface area (Å²) in [4.78, 5) is 27.7. The summed E-state index contributed by atoms with van der Waals surface area (Å²) in [5, 5.41) is 16.2. The molecule has 0 bridgehead atoms. The normalized spacial score (nSPS) is 15.4. The molecule has 1 amide bonds. The molecule has 9 heteroatoms. The Morgan fingerprint density at radius 3 is 2.77 bits per heavy atom. The predicted molar refractivity (Wildman–Crippen MR) is 81.1 cm³/mol. The van der Waals surface area contributed by atoms with E-state index in [2.05, 4.69) is 31.3 Å². The van der Waals surface area contributed by atoms with Crippen LogP contribution in [0.5, 0.6) is 0 Å². The first-order valence-electron chi connectivity index (χ1n) is 6.35. The summed E-state index contributed by atoms with van der Waals surface area (Å²) < 4.78 is 1.69. The van der Waals surface area contributed by atoms with Crippen LogP contribution in [0, 0.1) is 0 Å². The molecule has 0 saturated heterocycles. The van der Waals surface area contributed by atoms with Crippen LogP contribution >= 0.6 is 27.5 Å². The summed E-state index contributed by atoms with van der Waals surface area (Å²) in [5.41, 5.74) is -1.02. The number of halogens is 2. The van der Waals surface area contributed by atoms with Gasteiger partial charge in [0.1, 0.15) is 15.8 Å². The number of pyridine rings is 1. The van der Waals surface area contributed by atoms with Crippen LogP contribution in [0.2, 0.25) is 5.02 Å². The number of aromatic nitrogens is 3. The Labute approximate surface area is 138 Å². The highest BCUT2D eigenvalue weighted by Crippen LogP contribution is 2.36. The molecule has 22 heavy (non-hydrogen) atoms. The van der Waals surface area contributed by atoms with Crippen molar-refractivity contribution >= 4 is 39.4 Å². The molecular formula is C13H10BrClN4O3. The van der Waals surface area contributed by atoms with E-state index in [1.165, 1.54) is 16.9 Å². The number of rotatable bonds is 4. The molecule has 1 fully saturated rings. The van der Waals surface area contributed by atoms with E-state index in [9.17, 15) is 9.59 Å². The van der Waals surface area contributed by atoms with Crippen molar-refractivity contribution in [2.75, 3.05) is 0 Å². The van der Waals surface area contributed by atoms with Crippen molar-refractivity contribution < 1.29 is 14.7 Å². The predicted octanol–water partition coefficient (Wildman–Crippen LogP) is 2.03. The van der Waals surface area contributed by atoms with Crippen LogP contribution < -0.4 is 5.32 Å². The molecule has 0 atom stereocenters. The number of amides is 1. The standard InChI is InChI=1S/C13H10BrClN4O3/c14-9-6-8(11(20)17-13(3-4-13)12(21)22)19(18-9)10-7(15)2-1-5-16-10/h1-2,5-6H,3-4H2,(H,17,20)(H,21,22). The van der Waals surface area contributed by atoms with E-state index in [-0.39, 0.29) is 5.69 Å². The van der Waals surface area contributed by atoms with Gasteiger partial charge in [0, 0.05) is 12.3 Å². The second-order valence-electron chi connectivity index (χ2n) is 4.91. The lowest BCUT2D eigenvalue weighted by atomic mass is 10.2. The lowest BCUT2D eigenvalue weighted by molar-refractivity contribution is -0.140. The molecule has 114 valence electrons. The second-order valence-corrected chi connectivity index (χ2v) is 6.13. The van der Waals surface area contributed by atoms with Gasteiger partial charge in [-0.2, -0.15) is 5.10 Å². The number of carboxylic acid groups (broad SMARTS) is 1. The number of carboxylic acids is 1. The highest BCUT2D eigenvalue weighted by Gasteiger charge is 2.52. The lowest BCUT2D eigenvalue weighted by Gasteiger charge is -2.13. The van der Waals surface area contributed by atoms with Gasteiger partial charge in [-0.25, -0.2) is 14.5 Å². The Morgan fingerprint density at radius 1 is 1.45 bits per heavy atom. The molecule has 2 heterocycles. The molecule has 1 saturated carbocycles. The maximum absolute atomic E-state index is 12.4. The lowest BCUT2D eigenvalue weighted by Crippen LogP contribution is -2.43. The number of nitrogens with zero attached hydrogens (tertiary/aromatic N) is 3. The van der Waals surface area contributed by atoms with Crippen LogP contribution in [0.1, 0.15) is 23.3 Å². The number of carbonyl (C=O) groups is 2. The van der Waals surface area contributed by atoms with Gasteiger partial charge < -0.3 is 10.4 Å². The SMILES string of the molecule is O=C(NC1(C(=O)O)CC1)c1cc(Br)nn1-c1ncccc1Cl. The third kappa shape index (κ3) is 2.59. The Morgan fingerprint density at radius 2 is 2.18 bits per heavy atom. The van der Waals surface area contributed by atoms with Gasteiger partial charge in [-0.15, -0.1) is 0 Å². The van der Waals surface area contributed by atoms with E-state index in [0.717, 1.165) is 0 Å². The zero-order chi connectivity index (χ0) is 15.9. The van der Waals surface area contributed by atoms with E-state index in [1.54, 1.807) is 12.1 Å². The highest BCUT2D eigenvalue weighted by molar-refractivity contribution is 9.10. The summed E-state index contributed by atoms with van der Waals surface area (Å²) in [7, 11) is 0. The topological polar surface area (TPSA) is 97.1 Å². The average molecular weight is 386 g/mol. The third-order valence-electron chi connectivity index (χ3n) is 3.36. The van der Waals surface area contributed by atoms with Crippen LogP contribution in [0.3, 0.4) is 0 Å². The van der Waals surface area contributed by atoms with Gasteiger partial charge in [-0.1, -0.05) is 11.6 Å². The van der Waals surface area contributed by atoms with E-state index in [4.69, 9.17) is 16.7 Å². The summed E-state index contributed by atoms with van der Waals surface area (Å²) in [6.07, 6.45) is 2.35. The molecule has 0 unspecified atom stereocenters. The maximum atomic E-state index is 12.4. The number of hydrogen-bond acceptors (Lipinski definition) is 4. The first-order chi connectivity index (χ1) is 10.4. The molecule has 2 aromatic rings. The van der Waals surface area contributed by atoms with Gasteiger partial charge in [0.15, 0.2) is 5.82 Å². The van der Waals surface area contributed by atoms with E-state index >= 15 is 0 Å². The quantitative estimate of drug-likeness (QED) is 0.839. The molecule has 0 radical (unpaired) electrons. The fraction of sp³-hybridized carbons (Fsp3) is 0.231. The summed E-state index contributed by atoms with van der Waals surface area (Å²) >= 11 is 9.27. The molecule has 2 aromatic heterocycles. The highest BCUT2D eigenvalue weighted by atomic mass is 79.9. The van der Waals surface area contributed by atoms with Crippen LogP contribution in [0.15, 0.2) is 29.0 Å². The zero-order valence-corrected chi connectivity index (χ0v) is 13.4. The largest absolute Gasteiger partial charge is 0.480 e. The summed E-state index contributed by atoms with van der Waals surface area (Å²) in [5.74, 6) is -1.29. The van der Waals surface area contributed by atoms with Crippen LogP contribution in [0.4, 0.5) is 0 Å². The van der Waals surface area contributed by atoms with Crippen molar-refractivity contribution in [2.45, 2.75) is 18.4 Å². The minimum atomic E-state index is -1.17. The average Bonchev–Trinajstić information content (AvgIpc) is 3.15. The van der Waals surface area contributed by atoms with Crippen LogP contribution in [0.25, 0.3) is 5.82 Å². The Bertz CT molecular complexity index is 772. The molecule has 1 aliphatic carbocycles. The molecule has 3 rings (SSSR count). The number of aliphatic carboxylic acids is 1. The first-order valence-corrected chi connectivity index (χ1v) is 7.52. The van der Waals surface area contributed by atoms with Crippen LogP contribution in [-0.4, -0.2) is 37.3 Å². The van der Waals surface area contributed by atoms with E-state index in [1.807, 2.05) is 0 Å². The molecule has 1 aliphatic rings. The Hall–Kier alpha value is -1.93. The summed E-state index contributed by atoms with van der Waals surface area (Å²) in [6.45, 7) is 0. The van der Waals surface area contributed by atoms with E-state index < -0.39 is 17.4 Å². The van der Waals surface area contributed by atoms with Gasteiger partial charge in [-0.05, 0) is 40.9 Å². The number of carbonyl (C=O) groups excluding carboxylic acids is 1. The Kier molecular flexibility index (Phi) is 3.65. The fourth-order valence-corrected chi connectivity index (χ4v) is 2.58. The number of hydrogen-bond donors (Lipinski definition) is 2. The monoisotopic (exact) mass is 384 g/mol. The van der Waals surface area contributed by atoms with Crippen molar-refractivity contribution in [1.82, 2.24) is 20.1 Å². The molecule has 0 spiro atoms. The Balaban J connectivity index is 1.97. The van der Waals surface area contributed by atoms with Gasteiger partial charge in [0.2, 0.25) is 0 Å². The molecule has 2 N–H and O–H groups in total. The van der Waals surface area contributed by atoms with Gasteiger partial charge >= 0.3 is 5.97 Å². The van der Waals surface area contributed by atoms with Crippen molar-refractivity contribution in [3.63, 3.8) is 0 Å². The molecule has 0 aliphatic heterocycles. The van der Waals surface area contributed by atoms with Crippen molar-refractivity contribution in [2.24, 2.45) is 0 Å². The molecule has 7 nitrogen and oxygen atoms in total. The molecule has 0 aromatic carbocycles. The molecular weight excluding hydrogens is 376 g/mol. The first kappa shape index (κ1) is 15.0. The van der Waals surface area contributed by atoms with Crippen molar-refractivity contribution in [1.29, 1.82) is 0 Å². The van der Waals surface area contributed by atoms with Crippen LogP contribution in [-0.2, 0) is 4.79 Å². The zero-order valence-electron chi connectivity index (χ0n) is 11.1. The minimum Gasteiger partial charge on any atom is -0.480 e. The smallest absolute Gasteiger partial charge is 0.329 e. The number of nitrogens with one attached hydrogen (secondary N) is 1. The maximum Gasteiger partial charge on any atom is 0.329 e. The fourth-order valence-electron chi connectivity index (χ4n) is 2.01. The van der Waals surface area contributed by atoms with Crippen molar-refractivity contribution in [3.05, 3.63) is 39.7 Å². The van der Waals surface area contributed by atoms with Gasteiger partial charge in [0.05, 0.1) is 5.02 Å². The third-order valence-corrected chi connectivity index (χ3v) is 4.05. The van der Waals surface area contributed by atoms with Gasteiger partial charge in [-0.3, -0.25) is 4.79 Å². The second kappa shape index (κ2) is 5.36. The summed E-state index contributed by atoms with van der Waals surface area (Å²) in [6, 6.07) is 4.77.